The summed E-state index contributed by atoms with van der Waals surface area (Å²) >= 11 is 5.85. The highest BCUT2D eigenvalue weighted by atomic mass is 35.5. The van der Waals surface area contributed by atoms with Gasteiger partial charge >= 0.3 is 6.18 Å². The molecule has 0 aliphatic rings. The molecule has 1 heterocycles. The van der Waals surface area contributed by atoms with E-state index in [-0.39, 0.29) is 12.1 Å². The van der Waals surface area contributed by atoms with Crippen molar-refractivity contribution >= 4 is 11.6 Å². The van der Waals surface area contributed by atoms with Crippen molar-refractivity contribution in [1.29, 1.82) is 0 Å². The normalized spacial score (nSPS) is 11.6. The number of alkyl halides is 3. The highest BCUT2D eigenvalue weighted by molar-refractivity contribution is 6.30. The molecule has 2 aromatic rings. The van der Waals surface area contributed by atoms with E-state index in [4.69, 9.17) is 17.3 Å². The zero-order valence-corrected chi connectivity index (χ0v) is 10.5. The van der Waals surface area contributed by atoms with E-state index >= 15 is 0 Å². The minimum Gasteiger partial charge on any atom is -0.326 e. The van der Waals surface area contributed by atoms with E-state index < -0.39 is 11.7 Å². The van der Waals surface area contributed by atoms with Crippen LogP contribution < -0.4 is 5.73 Å². The Morgan fingerprint density at radius 1 is 1.16 bits per heavy atom. The fourth-order valence-electron chi connectivity index (χ4n) is 1.83. The Labute approximate surface area is 113 Å². The average molecular weight is 287 g/mol. The zero-order chi connectivity index (χ0) is 14.0. The average Bonchev–Trinajstić information content (AvgIpc) is 2.37. The van der Waals surface area contributed by atoms with Crippen molar-refractivity contribution < 1.29 is 13.2 Å². The van der Waals surface area contributed by atoms with Gasteiger partial charge in [-0.15, -0.1) is 0 Å². The largest absolute Gasteiger partial charge is 0.417 e. The Balaban J connectivity index is 2.69. The first-order valence-corrected chi connectivity index (χ1v) is 5.81. The summed E-state index contributed by atoms with van der Waals surface area (Å²) < 4.78 is 38.9. The van der Waals surface area contributed by atoms with Gasteiger partial charge in [-0.1, -0.05) is 17.7 Å². The van der Waals surface area contributed by atoms with Gasteiger partial charge in [0.1, 0.15) is 0 Å². The van der Waals surface area contributed by atoms with Crippen LogP contribution in [-0.2, 0) is 12.7 Å². The Hall–Kier alpha value is -1.59. The number of pyridine rings is 1. The van der Waals surface area contributed by atoms with E-state index in [9.17, 15) is 13.2 Å². The molecule has 0 saturated heterocycles. The summed E-state index contributed by atoms with van der Waals surface area (Å²) in [5.41, 5.74) is 5.73. The summed E-state index contributed by atoms with van der Waals surface area (Å²) in [5, 5.41) is 0.351. The monoisotopic (exact) mass is 286 g/mol. The fourth-order valence-corrected chi connectivity index (χ4v) is 2.01. The molecule has 19 heavy (non-hydrogen) atoms. The predicted molar refractivity (Wildman–Crippen MR) is 67.6 cm³/mol. The number of nitrogens with two attached hydrogens (primary N) is 1. The van der Waals surface area contributed by atoms with Gasteiger partial charge in [-0.25, -0.2) is 0 Å². The Kier molecular flexibility index (Phi) is 3.78. The minimum absolute atomic E-state index is 0.0158. The van der Waals surface area contributed by atoms with Gasteiger partial charge in [0.2, 0.25) is 0 Å². The SMILES string of the molecule is NCc1ccc(Cl)cc1-c1cnccc1C(F)(F)F. The van der Waals surface area contributed by atoms with Gasteiger partial charge < -0.3 is 5.73 Å². The number of halogens is 4. The molecule has 0 saturated carbocycles. The lowest BCUT2D eigenvalue weighted by atomic mass is 9.97. The van der Waals surface area contributed by atoms with Gasteiger partial charge in [0, 0.05) is 29.5 Å². The molecule has 1 aromatic carbocycles. The van der Waals surface area contributed by atoms with E-state index in [0.717, 1.165) is 12.3 Å². The van der Waals surface area contributed by atoms with E-state index in [1.165, 1.54) is 12.3 Å². The first-order chi connectivity index (χ1) is 8.93. The maximum Gasteiger partial charge on any atom is 0.417 e. The number of hydrogen-bond donors (Lipinski definition) is 1. The molecule has 0 spiro atoms. The molecule has 0 amide bonds. The van der Waals surface area contributed by atoms with Crippen LogP contribution in [0.15, 0.2) is 36.7 Å². The van der Waals surface area contributed by atoms with E-state index in [0.29, 0.717) is 16.1 Å². The lowest BCUT2D eigenvalue weighted by Gasteiger charge is -2.15. The Morgan fingerprint density at radius 2 is 1.89 bits per heavy atom. The second kappa shape index (κ2) is 5.19. The van der Waals surface area contributed by atoms with Gasteiger partial charge in [-0.3, -0.25) is 4.98 Å². The molecule has 0 fully saturated rings. The van der Waals surface area contributed by atoms with Gasteiger partial charge in [-0.2, -0.15) is 13.2 Å². The molecule has 0 bridgehead atoms. The molecule has 100 valence electrons. The third-order valence-corrected chi connectivity index (χ3v) is 2.94. The van der Waals surface area contributed by atoms with Crippen molar-refractivity contribution in [2.45, 2.75) is 12.7 Å². The highest BCUT2D eigenvalue weighted by Gasteiger charge is 2.34. The molecule has 0 unspecified atom stereocenters. The van der Waals surface area contributed by atoms with Crippen molar-refractivity contribution in [3.8, 4) is 11.1 Å². The Bertz CT molecular complexity index is 597. The van der Waals surface area contributed by atoms with Crippen molar-refractivity contribution in [2.75, 3.05) is 0 Å². The van der Waals surface area contributed by atoms with Crippen LogP contribution >= 0.6 is 11.6 Å². The number of aromatic nitrogens is 1. The van der Waals surface area contributed by atoms with Gasteiger partial charge in [0.15, 0.2) is 0 Å². The highest BCUT2D eigenvalue weighted by Crippen LogP contribution is 2.38. The molecular formula is C13H10ClF3N2. The minimum atomic E-state index is -4.45. The van der Waals surface area contributed by atoms with Crippen molar-refractivity contribution in [2.24, 2.45) is 5.73 Å². The molecule has 6 heteroatoms. The van der Waals surface area contributed by atoms with Crippen LogP contribution in [0.1, 0.15) is 11.1 Å². The number of benzene rings is 1. The molecule has 0 atom stereocenters. The first-order valence-electron chi connectivity index (χ1n) is 5.43. The fraction of sp³-hybridized carbons (Fsp3) is 0.154. The molecule has 2 N–H and O–H groups in total. The zero-order valence-electron chi connectivity index (χ0n) is 9.71. The second-order valence-electron chi connectivity index (χ2n) is 3.92. The van der Waals surface area contributed by atoms with Gasteiger partial charge in [0.25, 0.3) is 0 Å². The third-order valence-electron chi connectivity index (χ3n) is 2.71. The van der Waals surface area contributed by atoms with Gasteiger partial charge in [-0.05, 0) is 29.3 Å². The summed E-state index contributed by atoms with van der Waals surface area (Å²) in [6.45, 7) is 0.124. The molecule has 0 radical (unpaired) electrons. The molecule has 2 rings (SSSR count). The quantitative estimate of drug-likeness (QED) is 0.910. The van der Waals surface area contributed by atoms with Crippen LogP contribution in [0.3, 0.4) is 0 Å². The van der Waals surface area contributed by atoms with Crippen molar-refractivity contribution in [1.82, 2.24) is 4.98 Å². The second-order valence-corrected chi connectivity index (χ2v) is 4.36. The maximum atomic E-state index is 13.0. The first kappa shape index (κ1) is 13.8. The smallest absolute Gasteiger partial charge is 0.326 e. The summed E-state index contributed by atoms with van der Waals surface area (Å²) in [4.78, 5) is 3.76. The van der Waals surface area contributed by atoms with Crippen LogP contribution in [0.4, 0.5) is 13.2 Å². The lowest BCUT2D eigenvalue weighted by Crippen LogP contribution is -2.09. The number of nitrogens with zero attached hydrogens (tertiary/aromatic N) is 1. The molecule has 1 aromatic heterocycles. The molecular weight excluding hydrogens is 277 g/mol. The maximum absolute atomic E-state index is 13.0. The number of rotatable bonds is 2. The molecule has 0 aliphatic heterocycles. The van der Waals surface area contributed by atoms with Crippen molar-refractivity contribution in [3.63, 3.8) is 0 Å². The van der Waals surface area contributed by atoms with Crippen LogP contribution in [0.5, 0.6) is 0 Å². The van der Waals surface area contributed by atoms with Crippen LogP contribution in [-0.4, -0.2) is 4.98 Å². The van der Waals surface area contributed by atoms with Gasteiger partial charge in [0.05, 0.1) is 5.56 Å². The lowest BCUT2D eigenvalue weighted by molar-refractivity contribution is -0.137. The summed E-state index contributed by atoms with van der Waals surface area (Å²) in [6, 6.07) is 5.62. The van der Waals surface area contributed by atoms with Crippen molar-refractivity contribution in [3.05, 3.63) is 52.8 Å². The van der Waals surface area contributed by atoms with E-state index in [1.54, 1.807) is 12.1 Å². The third kappa shape index (κ3) is 2.88. The van der Waals surface area contributed by atoms with Crippen LogP contribution in [0.25, 0.3) is 11.1 Å². The molecule has 0 aliphatic carbocycles. The predicted octanol–water partition coefficient (Wildman–Crippen LogP) is 3.88. The number of hydrogen-bond acceptors (Lipinski definition) is 2. The topological polar surface area (TPSA) is 38.9 Å². The Morgan fingerprint density at radius 3 is 2.53 bits per heavy atom. The van der Waals surface area contributed by atoms with E-state index in [1.807, 2.05) is 0 Å². The standard InChI is InChI=1S/C13H10ClF3N2/c14-9-2-1-8(6-18)10(5-9)11-7-19-4-3-12(11)13(15,16)17/h1-5,7H,6,18H2. The summed E-state index contributed by atoms with van der Waals surface area (Å²) in [6.07, 6.45) is -2.17. The van der Waals surface area contributed by atoms with E-state index in [2.05, 4.69) is 4.98 Å². The van der Waals surface area contributed by atoms with Crippen LogP contribution in [0, 0.1) is 0 Å². The summed E-state index contributed by atoms with van der Waals surface area (Å²) in [5.74, 6) is 0. The summed E-state index contributed by atoms with van der Waals surface area (Å²) in [7, 11) is 0. The van der Waals surface area contributed by atoms with Crippen LogP contribution in [0.2, 0.25) is 5.02 Å². The molecule has 2 nitrogen and oxygen atoms in total.